The lowest BCUT2D eigenvalue weighted by Gasteiger charge is -2.25. The quantitative estimate of drug-likeness (QED) is 0.834. The zero-order valence-electron chi connectivity index (χ0n) is 12.6. The van der Waals surface area contributed by atoms with Crippen molar-refractivity contribution in [3.8, 4) is 0 Å². The van der Waals surface area contributed by atoms with Crippen LogP contribution in [0.3, 0.4) is 0 Å². The Hall–Kier alpha value is -1.72. The van der Waals surface area contributed by atoms with E-state index in [0.29, 0.717) is 22.5 Å². The van der Waals surface area contributed by atoms with Crippen LogP contribution in [0.1, 0.15) is 46.0 Å². The minimum Gasteiger partial charge on any atom is -0.399 e. The van der Waals surface area contributed by atoms with Gasteiger partial charge in [0.15, 0.2) is 0 Å². The standard InChI is InChI=1S/C15H20F3N3/c1-9(8-15(16,17)18)21-12-6-5-10(19)7-11(12)20-13(21)14(2,3)4/h5-7,9H,8,19H2,1-4H3. The lowest BCUT2D eigenvalue weighted by molar-refractivity contribution is -0.141. The van der Waals surface area contributed by atoms with Gasteiger partial charge in [0.1, 0.15) is 5.82 Å². The van der Waals surface area contributed by atoms with Crippen LogP contribution < -0.4 is 5.73 Å². The van der Waals surface area contributed by atoms with Gasteiger partial charge in [-0.3, -0.25) is 0 Å². The molecule has 0 amide bonds. The maximum atomic E-state index is 12.7. The summed E-state index contributed by atoms with van der Waals surface area (Å²) in [5.74, 6) is 0.639. The number of alkyl halides is 3. The van der Waals surface area contributed by atoms with Crippen molar-refractivity contribution in [2.75, 3.05) is 5.73 Å². The molecule has 1 aromatic heterocycles. The third-order valence-electron chi connectivity index (χ3n) is 3.35. The average molecular weight is 299 g/mol. The normalized spacial score (nSPS) is 14.6. The monoisotopic (exact) mass is 299 g/mol. The lowest BCUT2D eigenvalue weighted by Crippen LogP contribution is -2.24. The first-order valence-electron chi connectivity index (χ1n) is 6.84. The second kappa shape index (κ2) is 4.93. The van der Waals surface area contributed by atoms with E-state index in [1.165, 1.54) is 0 Å². The third-order valence-corrected chi connectivity index (χ3v) is 3.35. The van der Waals surface area contributed by atoms with Crippen molar-refractivity contribution in [3.63, 3.8) is 0 Å². The molecule has 1 unspecified atom stereocenters. The van der Waals surface area contributed by atoms with Crippen molar-refractivity contribution >= 4 is 16.7 Å². The number of halogens is 3. The Morgan fingerprint density at radius 1 is 1.24 bits per heavy atom. The topological polar surface area (TPSA) is 43.8 Å². The first-order valence-corrected chi connectivity index (χ1v) is 6.84. The highest BCUT2D eigenvalue weighted by Gasteiger charge is 2.33. The number of nitrogens with two attached hydrogens (primary N) is 1. The van der Waals surface area contributed by atoms with Gasteiger partial charge in [-0.1, -0.05) is 20.8 Å². The van der Waals surface area contributed by atoms with Gasteiger partial charge in [0.2, 0.25) is 0 Å². The van der Waals surface area contributed by atoms with Gasteiger partial charge < -0.3 is 10.3 Å². The molecular formula is C15H20F3N3. The molecule has 1 atom stereocenters. The van der Waals surface area contributed by atoms with Crippen molar-refractivity contribution < 1.29 is 13.2 Å². The predicted octanol–water partition coefficient (Wildman–Crippen LogP) is 4.43. The molecule has 0 radical (unpaired) electrons. The lowest BCUT2D eigenvalue weighted by atomic mass is 9.95. The van der Waals surface area contributed by atoms with Crippen molar-refractivity contribution in [2.45, 2.75) is 51.7 Å². The molecule has 0 saturated heterocycles. The maximum absolute atomic E-state index is 12.7. The maximum Gasteiger partial charge on any atom is 0.391 e. The summed E-state index contributed by atoms with van der Waals surface area (Å²) >= 11 is 0. The summed E-state index contributed by atoms with van der Waals surface area (Å²) in [5.41, 5.74) is 7.26. The Morgan fingerprint density at radius 3 is 2.38 bits per heavy atom. The number of aromatic nitrogens is 2. The van der Waals surface area contributed by atoms with E-state index in [4.69, 9.17) is 5.73 Å². The van der Waals surface area contributed by atoms with Crippen molar-refractivity contribution in [1.29, 1.82) is 0 Å². The molecule has 1 aromatic carbocycles. The van der Waals surface area contributed by atoms with Gasteiger partial charge >= 0.3 is 6.18 Å². The van der Waals surface area contributed by atoms with Gasteiger partial charge in [0, 0.05) is 17.1 Å². The number of hydrogen-bond donors (Lipinski definition) is 1. The zero-order chi connectivity index (χ0) is 16.0. The minimum atomic E-state index is -4.21. The largest absolute Gasteiger partial charge is 0.399 e. The molecular weight excluding hydrogens is 279 g/mol. The number of fused-ring (bicyclic) bond motifs is 1. The van der Waals surface area contributed by atoms with Crippen LogP contribution in [-0.4, -0.2) is 15.7 Å². The number of imidazole rings is 1. The summed E-state index contributed by atoms with van der Waals surface area (Å²) in [4.78, 5) is 4.51. The Balaban J connectivity index is 2.63. The molecule has 2 aromatic rings. The van der Waals surface area contributed by atoms with Gasteiger partial charge in [-0.25, -0.2) is 4.98 Å². The molecule has 0 saturated carbocycles. The molecule has 0 spiro atoms. The summed E-state index contributed by atoms with van der Waals surface area (Å²) in [6.45, 7) is 7.39. The molecule has 0 aliphatic carbocycles. The summed E-state index contributed by atoms with van der Waals surface area (Å²) < 4.78 is 39.9. The van der Waals surface area contributed by atoms with E-state index in [2.05, 4.69) is 4.98 Å². The van der Waals surface area contributed by atoms with Gasteiger partial charge in [-0.15, -0.1) is 0 Å². The molecule has 116 valence electrons. The molecule has 3 nitrogen and oxygen atoms in total. The number of nitrogens with zero attached hydrogens (tertiary/aromatic N) is 2. The minimum absolute atomic E-state index is 0.354. The first kappa shape index (κ1) is 15.7. The van der Waals surface area contributed by atoms with Crippen molar-refractivity contribution in [2.24, 2.45) is 0 Å². The van der Waals surface area contributed by atoms with Crippen molar-refractivity contribution in [3.05, 3.63) is 24.0 Å². The average Bonchev–Trinajstić information content (AvgIpc) is 2.64. The molecule has 2 N–H and O–H groups in total. The molecule has 0 fully saturated rings. The SMILES string of the molecule is CC(CC(F)(F)F)n1c(C(C)(C)C)nc2cc(N)ccc21. The van der Waals surface area contributed by atoms with Crippen molar-refractivity contribution in [1.82, 2.24) is 9.55 Å². The number of benzene rings is 1. The summed E-state index contributed by atoms with van der Waals surface area (Å²) in [6, 6.07) is 4.40. The highest BCUT2D eigenvalue weighted by Crippen LogP contribution is 2.35. The highest BCUT2D eigenvalue weighted by molar-refractivity contribution is 5.80. The van der Waals surface area contributed by atoms with E-state index in [0.717, 1.165) is 0 Å². The van der Waals surface area contributed by atoms with E-state index in [9.17, 15) is 13.2 Å². The van der Waals surface area contributed by atoms with Crippen LogP contribution in [0.4, 0.5) is 18.9 Å². The van der Waals surface area contributed by atoms with Gasteiger partial charge in [0.25, 0.3) is 0 Å². The third kappa shape index (κ3) is 3.31. The highest BCUT2D eigenvalue weighted by atomic mass is 19.4. The number of nitrogen functional groups attached to an aromatic ring is 1. The van der Waals surface area contributed by atoms with Gasteiger partial charge in [-0.05, 0) is 25.1 Å². The van der Waals surface area contributed by atoms with E-state index >= 15 is 0 Å². The summed E-state index contributed by atoms with van der Waals surface area (Å²) in [5, 5.41) is 0. The fourth-order valence-corrected chi connectivity index (χ4v) is 2.52. The van der Waals surface area contributed by atoms with Crippen LogP contribution in [0.15, 0.2) is 18.2 Å². The Morgan fingerprint density at radius 2 is 1.86 bits per heavy atom. The summed E-state index contributed by atoms with van der Waals surface area (Å²) in [6.07, 6.45) is -5.09. The van der Waals surface area contributed by atoms with E-state index in [1.807, 2.05) is 20.8 Å². The van der Waals surface area contributed by atoms with E-state index in [1.54, 1.807) is 29.7 Å². The van der Waals surface area contributed by atoms with Crippen LogP contribution in [0.25, 0.3) is 11.0 Å². The van der Waals surface area contributed by atoms with Crippen LogP contribution >= 0.6 is 0 Å². The Labute approximate surface area is 122 Å². The molecule has 0 bridgehead atoms. The molecule has 21 heavy (non-hydrogen) atoms. The first-order chi connectivity index (χ1) is 9.49. The van der Waals surface area contributed by atoms with E-state index < -0.39 is 18.6 Å². The van der Waals surface area contributed by atoms with Gasteiger partial charge in [0.05, 0.1) is 17.5 Å². The second-order valence-corrected chi connectivity index (χ2v) is 6.47. The molecule has 0 aliphatic heterocycles. The second-order valence-electron chi connectivity index (χ2n) is 6.47. The predicted molar refractivity (Wildman–Crippen MR) is 78.2 cm³/mol. The summed E-state index contributed by atoms with van der Waals surface area (Å²) in [7, 11) is 0. The Kier molecular flexibility index (Phi) is 3.68. The smallest absolute Gasteiger partial charge is 0.391 e. The number of rotatable bonds is 2. The van der Waals surface area contributed by atoms with Crippen LogP contribution in [-0.2, 0) is 5.41 Å². The van der Waals surface area contributed by atoms with E-state index in [-0.39, 0.29) is 5.41 Å². The van der Waals surface area contributed by atoms with Gasteiger partial charge in [-0.2, -0.15) is 13.2 Å². The van der Waals surface area contributed by atoms with Crippen LogP contribution in [0.5, 0.6) is 0 Å². The number of hydrogen-bond acceptors (Lipinski definition) is 2. The zero-order valence-corrected chi connectivity index (χ0v) is 12.6. The van der Waals surface area contributed by atoms with Crippen LogP contribution in [0, 0.1) is 0 Å². The molecule has 0 aliphatic rings. The Bertz CT molecular complexity index is 650. The molecule has 2 rings (SSSR count). The number of anilines is 1. The fourth-order valence-electron chi connectivity index (χ4n) is 2.52. The van der Waals surface area contributed by atoms with Crippen LogP contribution in [0.2, 0.25) is 0 Å². The molecule has 6 heteroatoms. The molecule has 1 heterocycles. The fraction of sp³-hybridized carbons (Fsp3) is 0.533.